The van der Waals surface area contributed by atoms with Crippen LogP contribution in [0.1, 0.15) is 12.2 Å². The first-order valence-electron chi connectivity index (χ1n) is 8.74. The third-order valence-electron chi connectivity index (χ3n) is 4.34. The molecule has 2 heterocycles. The molecule has 26 heavy (non-hydrogen) atoms. The van der Waals surface area contributed by atoms with Crippen LogP contribution in [0.4, 0.5) is 0 Å². The van der Waals surface area contributed by atoms with E-state index in [-0.39, 0.29) is 24.5 Å². The molecule has 1 aromatic carbocycles. The highest BCUT2D eigenvalue weighted by Gasteiger charge is 2.26. The molecule has 140 valence electrons. The molecule has 1 unspecified atom stereocenters. The molecule has 1 aromatic heterocycles. The highest BCUT2D eigenvalue weighted by molar-refractivity contribution is 5.78. The number of hydrogen-bond acceptors (Lipinski definition) is 5. The van der Waals surface area contributed by atoms with Gasteiger partial charge in [0.1, 0.15) is 12.4 Å². The lowest BCUT2D eigenvalue weighted by atomic mass is 10.2. The number of para-hydroxylation sites is 2. The second kappa shape index (κ2) is 8.77. The number of rotatable bonds is 8. The Morgan fingerprint density at radius 1 is 1.46 bits per heavy atom. The number of benzene rings is 1. The summed E-state index contributed by atoms with van der Waals surface area (Å²) in [5.74, 6) is 0.690. The number of ether oxygens (including phenoxy) is 2. The van der Waals surface area contributed by atoms with Crippen molar-refractivity contribution in [1.82, 2.24) is 20.2 Å². The van der Waals surface area contributed by atoms with Crippen LogP contribution in [0.25, 0.3) is 11.0 Å². The summed E-state index contributed by atoms with van der Waals surface area (Å²) in [5, 5.41) is 2.87. The van der Waals surface area contributed by atoms with Crippen LogP contribution in [0.5, 0.6) is 0 Å². The summed E-state index contributed by atoms with van der Waals surface area (Å²) in [6.45, 7) is 1.92. The Kier molecular flexibility index (Phi) is 6.19. The van der Waals surface area contributed by atoms with Crippen LogP contribution in [0.3, 0.4) is 0 Å². The third-order valence-corrected chi connectivity index (χ3v) is 4.34. The van der Waals surface area contributed by atoms with Crippen LogP contribution in [0, 0.1) is 0 Å². The van der Waals surface area contributed by atoms with Crippen LogP contribution in [0.2, 0.25) is 0 Å². The predicted octanol–water partition coefficient (Wildman–Crippen LogP) is 0.486. The summed E-state index contributed by atoms with van der Waals surface area (Å²) in [4.78, 5) is 33.2. The molecule has 3 rings (SSSR count). The quantitative estimate of drug-likeness (QED) is 0.714. The van der Waals surface area contributed by atoms with Crippen LogP contribution in [0.15, 0.2) is 24.3 Å². The molecule has 0 radical (unpaired) electrons. The van der Waals surface area contributed by atoms with E-state index in [4.69, 9.17) is 9.47 Å². The fourth-order valence-electron chi connectivity index (χ4n) is 2.89. The predicted molar refractivity (Wildman–Crippen MR) is 95.6 cm³/mol. The molecule has 0 bridgehead atoms. The first kappa shape index (κ1) is 18.3. The van der Waals surface area contributed by atoms with E-state index in [1.54, 1.807) is 12.0 Å². The van der Waals surface area contributed by atoms with Crippen molar-refractivity contribution in [2.75, 3.05) is 40.0 Å². The zero-order valence-corrected chi connectivity index (χ0v) is 14.9. The minimum atomic E-state index is -0.195. The number of morpholine rings is 1. The monoisotopic (exact) mass is 360 g/mol. The van der Waals surface area contributed by atoms with Crippen molar-refractivity contribution in [3.63, 3.8) is 0 Å². The number of aromatic nitrogens is 2. The molecule has 1 atom stereocenters. The van der Waals surface area contributed by atoms with E-state index in [0.29, 0.717) is 39.1 Å². The van der Waals surface area contributed by atoms with E-state index in [9.17, 15) is 9.59 Å². The van der Waals surface area contributed by atoms with Gasteiger partial charge in [-0.05, 0) is 12.1 Å². The maximum atomic E-state index is 12.1. The van der Waals surface area contributed by atoms with Crippen LogP contribution < -0.4 is 5.32 Å². The number of carbonyl (C=O) groups excluding carboxylic acids is 2. The summed E-state index contributed by atoms with van der Waals surface area (Å²) in [6, 6.07) is 7.78. The Morgan fingerprint density at radius 2 is 2.31 bits per heavy atom. The Morgan fingerprint density at radius 3 is 3.12 bits per heavy atom. The summed E-state index contributed by atoms with van der Waals surface area (Å²) < 4.78 is 10.5. The normalized spacial score (nSPS) is 17.7. The van der Waals surface area contributed by atoms with Crippen LogP contribution >= 0.6 is 0 Å². The highest BCUT2D eigenvalue weighted by Crippen LogP contribution is 2.11. The molecular weight excluding hydrogens is 336 g/mol. The number of H-pyrrole nitrogens is 1. The molecule has 8 nitrogen and oxygen atoms in total. The molecule has 1 aliphatic rings. The van der Waals surface area contributed by atoms with Crippen molar-refractivity contribution < 1.29 is 19.1 Å². The average molecular weight is 360 g/mol. The van der Waals surface area contributed by atoms with Crippen LogP contribution in [-0.2, 0) is 25.5 Å². The summed E-state index contributed by atoms with van der Waals surface area (Å²) in [6.07, 6.45) is 0.697. The van der Waals surface area contributed by atoms with Crippen LogP contribution in [-0.4, -0.2) is 72.7 Å². The number of amides is 2. The van der Waals surface area contributed by atoms with Crippen molar-refractivity contribution in [2.45, 2.75) is 18.9 Å². The number of methoxy groups -OCH3 is 1. The number of nitrogens with zero attached hydrogens (tertiary/aromatic N) is 2. The number of hydrogen-bond donors (Lipinski definition) is 2. The number of nitrogens with one attached hydrogen (secondary N) is 2. The van der Waals surface area contributed by atoms with Gasteiger partial charge in [0.25, 0.3) is 0 Å². The van der Waals surface area contributed by atoms with Gasteiger partial charge in [-0.15, -0.1) is 0 Å². The van der Waals surface area contributed by atoms with Crippen molar-refractivity contribution in [1.29, 1.82) is 0 Å². The van der Waals surface area contributed by atoms with Gasteiger partial charge < -0.3 is 24.7 Å². The van der Waals surface area contributed by atoms with E-state index in [1.807, 2.05) is 24.3 Å². The standard InChI is InChI=1S/C18H24N4O4/c1-25-9-8-22-11-13(26-12-18(22)24)10-19-17(23)7-6-16-20-14-4-2-3-5-15(14)21-16/h2-5,13H,6-12H2,1H3,(H,19,23)(H,20,21). The topological polar surface area (TPSA) is 96.6 Å². The zero-order valence-electron chi connectivity index (χ0n) is 14.9. The van der Waals surface area contributed by atoms with Gasteiger partial charge in [0, 0.05) is 39.6 Å². The SMILES string of the molecule is COCCN1CC(CNC(=O)CCc2nc3ccccc3[nH]2)OCC1=O. The maximum absolute atomic E-state index is 12.1. The van der Waals surface area contributed by atoms with Gasteiger partial charge in [-0.3, -0.25) is 9.59 Å². The van der Waals surface area contributed by atoms with Gasteiger partial charge in [-0.2, -0.15) is 0 Å². The molecule has 0 aliphatic carbocycles. The first-order valence-corrected chi connectivity index (χ1v) is 8.74. The Balaban J connectivity index is 1.41. The minimum absolute atomic E-state index is 0.0449. The molecule has 2 N–H and O–H groups in total. The molecule has 1 aliphatic heterocycles. The molecule has 8 heteroatoms. The van der Waals surface area contributed by atoms with Gasteiger partial charge in [0.05, 0.1) is 23.7 Å². The fraction of sp³-hybridized carbons (Fsp3) is 0.500. The molecule has 1 fully saturated rings. The van der Waals surface area contributed by atoms with E-state index in [1.165, 1.54) is 0 Å². The van der Waals surface area contributed by atoms with E-state index in [0.717, 1.165) is 16.9 Å². The Hall–Kier alpha value is -2.45. The molecule has 1 saturated heterocycles. The van der Waals surface area contributed by atoms with Crippen molar-refractivity contribution in [3.05, 3.63) is 30.1 Å². The summed E-state index contributed by atoms with van der Waals surface area (Å²) >= 11 is 0. The number of carbonyl (C=O) groups is 2. The van der Waals surface area contributed by atoms with Gasteiger partial charge in [0.2, 0.25) is 11.8 Å². The second-order valence-electron chi connectivity index (χ2n) is 6.27. The Bertz CT molecular complexity index is 727. The average Bonchev–Trinajstić information content (AvgIpc) is 3.07. The summed E-state index contributed by atoms with van der Waals surface area (Å²) in [5.41, 5.74) is 1.87. The lowest BCUT2D eigenvalue weighted by Crippen LogP contribution is -2.51. The summed E-state index contributed by atoms with van der Waals surface area (Å²) in [7, 11) is 1.60. The van der Waals surface area contributed by atoms with Gasteiger partial charge in [-0.25, -0.2) is 4.98 Å². The molecule has 0 saturated carbocycles. The van der Waals surface area contributed by atoms with Gasteiger partial charge in [-0.1, -0.05) is 12.1 Å². The van der Waals surface area contributed by atoms with Gasteiger partial charge >= 0.3 is 0 Å². The van der Waals surface area contributed by atoms with E-state index in [2.05, 4.69) is 15.3 Å². The van der Waals surface area contributed by atoms with Crippen molar-refractivity contribution >= 4 is 22.8 Å². The second-order valence-corrected chi connectivity index (χ2v) is 6.27. The van der Waals surface area contributed by atoms with Crippen molar-refractivity contribution in [3.8, 4) is 0 Å². The highest BCUT2D eigenvalue weighted by atomic mass is 16.5. The number of fused-ring (bicyclic) bond motifs is 1. The number of aromatic amines is 1. The minimum Gasteiger partial charge on any atom is -0.383 e. The lowest BCUT2D eigenvalue weighted by molar-refractivity contribution is -0.149. The van der Waals surface area contributed by atoms with E-state index < -0.39 is 0 Å². The third kappa shape index (κ3) is 4.80. The number of imidazole rings is 1. The largest absolute Gasteiger partial charge is 0.383 e. The van der Waals surface area contributed by atoms with Gasteiger partial charge in [0.15, 0.2) is 0 Å². The molecule has 2 aromatic rings. The smallest absolute Gasteiger partial charge is 0.248 e. The molecule has 2 amide bonds. The molecule has 0 spiro atoms. The Labute approximate surface area is 151 Å². The van der Waals surface area contributed by atoms with Crippen molar-refractivity contribution in [2.24, 2.45) is 0 Å². The molecular formula is C18H24N4O4. The maximum Gasteiger partial charge on any atom is 0.248 e. The first-order chi connectivity index (χ1) is 12.7. The fourth-order valence-corrected chi connectivity index (χ4v) is 2.89. The lowest BCUT2D eigenvalue weighted by Gasteiger charge is -2.32. The number of aryl methyl sites for hydroxylation is 1. The van der Waals surface area contributed by atoms with E-state index >= 15 is 0 Å². The zero-order chi connectivity index (χ0) is 18.4.